The fourth-order valence-electron chi connectivity index (χ4n) is 0.893. The van der Waals surface area contributed by atoms with Crippen molar-refractivity contribution in [3.8, 4) is 5.75 Å². The van der Waals surface area contributed by atoms with E-state index in [9.17, 15) is 18.0 Å². The summed E-state index contributed by atoms with van der Waals surface area (Å²) < 4.78 is 43.7. The van der Waals surface area contributed by atoms with Crippen LogP contribution in [0.15, 0.2) is 12.3 Å². The van der Waals surface area contributed by atoms with Crippen molar-refractivity contribution in [3.63, 3.8) is 0 Å². The van der Waals surface area contributed by atoms with Crippen LogP contribution < -0.4 is 4.74 Å². The highest BCUT2D eigenvalue weighted by atomic mass is 35.5. The van der Waals surface area contributed by atoms with Gasteiger partial charge in [-0.25, -0.2) is 9.78 Å². The molecule has 0 spiro atoms. The Labute approximate surface area is 92.9 Å². The van der Waals surface area contributed by atoms with Gasteiger partial charge in [-0.15, -0.1) is 13.2 Å². The van der Waals surface area contributed by atoms with Crippen LogP contribution in [0, 0.1) is 0 Å². The second-order valence-electron chi connectivity index (χ2n) is 2.54. The number of halogens is 4. The minimum atomic E-state index is -4.92. The fourth-order valence-corrected chi connectivity index (χ4v) is 1.05. The van der Waals surface area contributed by atoms with Gasteiger partial charge < -0.3 is 9.47 Å². The average Bonchev–Trinajstić information content (AvgIpc) is 2.17. The molecule has 16 heavy (non-hydrogen) atoms. The van der Waals surface area contributed by atoms with E-state index in [1.54, 1.807) is 0 Å². The Morgan fingerprint density at radius 1 is 1.50 bits per heavy atom. The van der Waals surface area contributed by atoms with Crippen molar-refractivity contribution in [3.05, 3.63) is 23.0 Å². The van der Waals surface area contributed by atoms with E-state index in [-0.39, 0.29) is 5.15 Å². The van der Waals surface area contributed by atoms with Gasteiger partial charge in [0.05, 0.1) is 13.3 Å². The number of alkyl halides is 3. The van der Waals surface area contributed by atoms with Crippen LogP contribution in [0.2, 0.25) is 5.15 Å². The first-order chi connectivity index (χ1) is 7.33. The van der Waals surface area contributed by atoms with Crippen LogP contribution in [0.25, 0.3) is 0 Å². The molecule has 0 amide bonds. The predicted octanol–water partition coefficient (Wildman–Crippen LogP) is 2.42. The lowest BCUT2D eigenvalue weighted by Crippen LogP contribution is -2.19. The Kier molecular flexibility index (Phi) is 3.58. The van der Waals surface area contributed by atoms with Gasteiger partial charge in [0.2, 0.25) is 0 Å². The molecule has 0 aliphatic carbocycles. The number of hydrogen-bond donors (Lipinski definition) is 0. The van der Waals surface area contributed by atoms with Crippen molar-refractivity contribution < 1.29 is 27.4 Å². The van der Waals surface area contributed by atoms with Crippen molar-refractivity contribution in [2.24, 2.45) is 0 Å². The monoisotopic (exact) mass is 255 g/mol. The molecule has 0 unspecified atom stereocenters. The zero-order valence-corrected chi connectivity index (χ0v) is 8.59. The second kappa shape index (κ2) is 4.56. The molecule has 1 heterocycles. The molecule has 0 atom stereocenters. The molecule has 1 aromatic heterocycles. The maximum atomic E-state index is 12.0. The molecule has 0 fully saturated rings. The molecule has 0 saturated heterocycles. The van der Waals surface area contributed by atoms with Crippen molar-refractivity contribution >= 4 is 17.6 Å². The predicted molar refractivity (Wildman–Crippen MR) is 47.3 cm³/mol. The van der Waals surface area contributed by atoms with E-state index in [4.69, 9.17) is 11.6 Å². The Morgan fingerprint density at radius 3 is 2.62 bits per heavy atom. The van der Waals surface area contributed by atoms with Gasteiger partial charge in [0.15, 0.2) is 5.75 Å². The molecule has 0 bridgehead atoms. The van der Waals surface area contributed by atoms with Gasteiger partial charge in [0, 0.05) is 0 Å². The van der Waals surface area contributed by atoms with Gasteiger partial charge in [-0.3, -0.25) is 0 Å². The normalized spacial score (nSPS) is 11.1. The van der Waals surface area contributed by atoms with Crippen LogP contribution in [0.3, 0.4) is 0 Å². The molecule has 0 aromatic carbocycles. The molecule has 0 aliphatic rings. The number of ether oxygens (including phenoxy) is 2. The van der Waals surface area contributed by atoms with Crippen molar-refractivity contribution in [2.45, 2.75) is 6.36 Å². The number of hydrogen-bond acceptors (Lipinski definition) is 4. The number of nitrogens with zero attached hydrogens (tertiary/aromatic N) is 1. The molecule has 1 aromatic rings. The molecule has 0 N–H and O–H groups in total. The third-order valence-electron chi connectivity index (χ3n) is 1.47. The van der Waals surface area contributed by atoms with Crippen LogP contribution in [0.5, 0.6) is 5.75 Å². The molecule has 0 radical (unpaired) electrons. The molecule has 88 valence electrons. The summed E-state index contributed by atoms with van der Waals surface area (Å²) in [7, 11) is 1.02. The highest BCUT2D eigenvalue weighted by molar-refractivity contribution is 6.29. The van der Waals surface area contributed by atoms with E-state index < -0.39 is 23.6 Å². The summed E-state index contributed by atoms with van der Waals surface area (Å²) in [4.78, 5) is 14.5. The van der Waals surface area contributed by atoms with E-state index in [0.29, 0.717) is 6.20 Å². The van der Waals surface area contributed by atoms with Crippen molar-refractivity contribution in [1.29, 1.82) is 0 Å². The van der Waals surface area contributed by atoms with E-state index in [1.165, 1.54) is 0 Å². The third-order valence-corrected chi connectivity index (χ3v) is 1.67. The van der Waals surface area contributed by atoms with Crippen LogP contribution in [0.4, 0.5) is 13.2 Å². The molecule has 0 aliphatic heterocycles. The number of aromatic nitrogens is 1. The third kappa shape index (κ3) is 3.27. The maximum absolute atomic E-state index is 12.0. The smallest absolute Gasteiger partial charge is 0.465 e. The molecule has 1 rings (SSSR count). The van der Waals surface area contributed by atoms with Gasteiger partial charge >= 0.3 is 12.3 Å². The van der Waals surface area contributed by atoms with E-state index in [0.717, 1.165) is 13.2 Å². The summed E-state index contributed by atoms with van der Waals surface area (Å²) >= 11 is 5.43. The minimum Gasteiger partial charge on any atom is -0.465 e. The van der Waals surface area contributed by atoms with Gasteiger partial charge in [0.25, 0.3) is 0 Å². The number of methoxy groups -OCH3 is 1. The second-order valence-corrected chi connectivity index (χ2v) is 2.93. The summed E-state index contributed by atoms with van der Waals surface area (Å²) in [5.41, 5.74) is -0.445. The van der Waals surface area contributed by atoms with Crippen LogP contribution in [0.1, 0.15) is 10.4 Å². The molecule has 4 nitrogen and oxygen atoms in total. The standard InChI is InChI=1S/C8H5ClF3NO3/c1-15-7(14)4-2-6(9)13-3-5(4)16-8(10,11)12/h2-3H,1H3. The Morgan fingerprint density at radius 2 is 2.12 bits per heavy atom. The first kappa shape index (κ1) is 12.6. The fraction of sp³-hybridized carbons (Fsp3) is 0.250. The Bertz CT molecular complexity index is 408. The number of pyridine rings is 1. The zero-order valence-electron chi connectivity index (χ0n) is 7.84. The zero-order chi connectivity index (χ0) is 12.3. The van der Waals surface area contributed by atoms with Crippen molar-refractivity contribution in [1.82, 2.24) is 4.98 Å². The SMILES string of the molecule is COC(=O)c1cc(Cl)ncc1OC(F)(F)F. The lowest BCUT2D eigenvalue weighted by atomic mass is 10.2. The molecular weight excluding hydrogens is 251 g/mol. The molecule has 0 saturated carbocycles. The van der Waals surface area contributed by atoms with Crippen LogP contribution in [-0.2, 0) is 4.74 Å². The first-order valence-corrected chi connectivity index (χ1v) is 4.21. The van der Waals surface area contributed by atoms with Gasteiger partial charge in [-0.2, -0.15) is 0 Å². The summed E-state index contributed by atoms with van der Waals surface area (Å²) in [6, 6.07) is 0.925. The largest absolute Gasteiger partial charge is 0.573 e. The first-order valence-electron chi connectivity index (χ1n) is 3.83. The Balaban J connectivity index is 3.13. The lowest BCUT2D eigenvalue weighted by molar-refractivity contribution is -0.274. The van der Waals surface area contributed by atoms with E-state index in [1.807, 2.05) is 0 Å². The molecular formula is C8H5ClF3NO3. The lowest BCUT2D eigenvalue weighted by Gasteiger charge is -2.11. The summed E-state index contributed by atoms with van der Waals surface area (Å²) in [6.07, 6.45) is -4.22. The van der Waals surface area contributed by atoms with Gasteiger partial charge in [0.1, 0.15) is 10.7 Å². The van der Waals surface area contributed by atoms with E-state index >= 15 is 0 Å². The average molecular weight is 256 g/mol. The van der Waals surface area contributed by atoms with E-state index in [2.05, 4.69) is 14.5 Å². The number of carbonyl (C=O) groups is 1. The van der Waals surface area contributed by atoms with Crippen LogP contribution >= 0.6 is 11.6 Å². The van der Waals surface area contributed by atoms with Crippen molar-refractivity contribution in [2.75, 3.05) is 7.11 Å². The number of rotatable bonds is 2. The maximum Gasteiger partial charge on any atom is 0.573 e. The summed E-state index contributed by atoms with van der Waals surface area (Å²) in [6.45, 7) is 0. The summed E-state index contributed by atoms with van der Waals surface area (Å²) in [5, 5.41) is -0.144. The van der Waals surface area contributed by atoms with Crippen LogP contribution in [-0.4, -0.2) is 24.4 Å². The Hall–Kier alpha value is -1.50. The highest BCUT2D eigenvalue weighted by Gasteiger charge is 2.33. The number of carbonyl (C=O) groups excluding carboxylic acids is 1. The number of esters is 1. The van der Waals surface area contributed by atoms with Gasteiger partial charge in [-0.1, -0.05) is 11.6 Å². The minimum absolute atomic E-state index is 0.144. The highest BCUT2D eigenvalue weighted by Crippen LogP contribution is 2.27. The quantitative estimate of drug-likeness (QED) is 0.601. The molecule has 8 heteroatoms. The summed E-state index contributed by atoms with van der Waals surface area (Å²) in [5.74, 6) is -1.76. The van der Waals surface area contributed by atoms with Gasteiger partial charge in [-0.05, 0) is 6.07 Å². The topological polar surface area (TPSA) is 48.4 Å².